The van der Waals surface area contributed by atoms with Crippen LogP contribution in [0, 0.1) is 0 Å². The average molecular weight is 197 g/mol. The van der Waals surface area contributed by atoms with Gasteiger partial charge in [0.2, 0.25) is 0 Å². The number of carbonyl (C=O) groups is 1. The van der Waals surface area contributed by atoms with Crippen molar-refractivity contribution in [3.63, 3.8) is 0 Å². The lowest BCUT2D eigenvalue weighted by Crippen LogP contribution is -2.30. The summed E-state index contributed by atoms with van der Waals surface area (Å²) in [5.74, 6) is -0.123. The largest absolute Gasteiger partial charge is 0.425 e. The number of benzene rings is 1. The van der Waals surface area contributed by atoms with Gasteiger partial charge in [0.15, 0.2) is 0 Å². The Morgan fingerprint density at radius 1 is 1.50 bits per heavy atom. The highest BCUT2D eigenvalue weighted by atomic mass is 19.1. The zero-order chi connectivity index (χ0) is 10.6. The number of hydrogen-bond donors (Lipinski definition) is 1. The summed E-state index contributed by atoms with van der Waals surface area (Å²) in [5.41, 5.74) is 5.85. The Morgan fingerprint density at radius 2 is 2.07 bits per heavy atom. The van der Waals surface area contributed by atoms with Crippen LogP contribution in [0.1, 0.15) is 12.5 Å². The van der Waals surface area contributed by atoms with E-state index in [1.807, 2.05) is 0 Å². The van der Waals surface area contributed by atoms with Gasteiger partial charge in [-0.15, -0.1) is 0 Å². The Labute approximate surface area is 81.7 Å². The van der Waals surface area contributed by atoms with Crippen LogP contribution < -0.4 is 10.5 Å². The number of halogens is 1. The average Bonchev–Trinajstić information content (AvgIpc) is 2.19. The molecule has 0 aliphatic heterocycles. The quantitative estimate of drug-likeness (QED) is 0.588. The van der Waals surface area contributed by atoms with E-state index in [0.717, 1.165) is 0 Å². The highest BCUT2D eigenvalue weighted by Gasteiger charge is 2.09. The zero-order valence-electron chi connectivity index (χ0n) is 7.87. The molecule has 0 aliphatic rings. The minimum Gasteiger partial charge on any atom is -0.425 e. The van der Waals surface area contributed by atoms with Crippen LogP contribution in [0.3, 0.4) is 0 Å². The second kappa shape index (κ2) is 4.72. The number of hydrogen-bond acceptors (Lipinski definition) is 3. The van der Waals surface area contributed by atoms with E-state index in [1.165, 1.54) is 19.1 Å². The normalized spacial score (nSPS) is 12.2. The molecule has 4 heteroatoms. The molecule has 1 aromatic carbocycles. The van der Waals surface area contributed by atoms with Gasteiger partial charge in [-0.1, -0.05) is 12.1 Å². The summed E-state index contributed by atoms with van der Waals surface area (Å²) in [7, 11) is 0. The summed E-state index contributed by atoms with van der Waals surface area (Å²) in [6.45, 7) is 1.01. The van der Waals surface area contributed by atoms with Crippen molar-refractivity contribution >= 4 is 5.97 Å². The van der Waals surface area contributed by atoms with Crippen LogP contribution in [0.15, 0.2) is 24.3 Å². The second-order valence-electron chi connectivity index (χ2n) is 2.99. The van der Waals surface area contributed by atoms with E-state index in [1.54, 1.807) is 12.1 Å². The molecule has 1 rings (SSSR count). The third kappa shape index (κ3) is 2.81. The number of alkyl halides is 1. The van der Waals surface area contributed by atoms with Gasteiger partial charge >= 0.3 is 5.97 Å². The minimum absolute atomic E-state index is 0.379. The van der Waals surface area contributed by atoms with Crippen LogP contribution in [0.2, 0.25) is 0 Å². The zero-order valence-corrected chi connectivity index (χ0v) is 7.87. The van der Waals surface area contributed by atoms with Gasteiger partial charge in [-0.3, -0.25) is 0 Å². The fourth-order valence-corrected chi connectivity index (χ4v) is 0.856. The fourth-order valence-electron chi connectivity index (χ4n) is 0.856. The molecule has 0 fully saturated rings. The Hall–Kier alpha value is -1.42. The topological polar surface area (TPSA) is 52.3 Å². The molecule has 0 saturated heterocycles. The van der Waals surface area contributed by atoms with Crippen LogP contribution >= 0.6 is 0 Å². The van der Waals surface area contributed by atoms with Crippen LogP contribution in [-0.4, -0.2) is 12.0 Å². The van der Waals surface area contributed by atoms with Gasteiger partial charge in [0.25, 0.3) is 0 Å². The molecule has 0 spiro atoms. The van der Waals surface area contributed by atoms with Crippen LogP contribution in [0.4, 0.5) is 4.39 Å². The van der Waals surface area contributed by atoms with Crippen molar-refractivity contribution in [1.82, 2.24) is 0 Å². The van der Waals surface area contributed by atoms with E-state index in [4.69, 9.17) is 10.5 Å². The predicted octanol–water partition coefficient (Wildman–Crippen LogP) is 1.41. The Morgan fingerprint density at radius 3 is 2.50 bits per heavy atom. The first-order chi connectivity index (χ1) is 6.63. The molecule has 0 saturated carbocycles. The number of carbonyl (C=O) groups excluding carboxylic acids is 1. The maximum Gasteiger partial charge on any atom is 0.328 e. The molecule has 0 aliphatic carbocycles. The van der Waals surface area contributed by atoms with Crippen LogP contribution in [0.5, 0.6) is 5.75 Å². The molecule has 14 heavy (non-hydrogen) atoms. The van der Waals surface area contributed by atoms with Crippen molar-refractivity contribution in [3.05, 3.63) is 29.8 Å². The lowest BCUT2D eigenvalue weighted by atomic mass is 10.2. The molecule has 1 aromatic rings. The third-order valence-corrected chi connectivity index (χ3v) is 1.67. The molecule has 76 valence electrons. The van der Waals surface area contributed by atoms with E-state index in [2.05, 4.69) is 0 Å². The van der Waals surface area contributed by atoms with E-state index in [9.17, 15) is 9.18 Å². The lowest BCUT2D eigenvalue weighted by Gasteiger charge is -2.06. The standard InChI is InChI=1S/C10H12FNO2/c1-7(12)10(13)14-9-4-2-8(6-11)3-5-9/h2-5,7H,6,12H2,1H3/t7-/m0/s1. The predicted molar refractivity (Wildman–Crippen MR) is 50.5 cm³/mol. The van der Waals surface area contributed by atoms with Gasteiger partial charge in [-0.25, -0.2) is 9.18 Å². The van der Waals surface area contributed by atoms with Gasteiger partial charge in [-0.05, 0) is 24.6 Å². The summed E-state index contributed by atoms with van der Waals surface area (Å²) in [5, 5.41) is 0. The van der Waals surface area contributed by atoms with E-state index >= 15 is 0 Å². The van der Waals surface area contributed by atoms with Gasteiger partial charge < -0.3 is 10.5 Å². The fraction of sp³-hybridized carbons (Fsp3) is 0.300. The van der Waals surface area contributed by atoms with Crippen molar-refractivity contribution in [1.29, 1.82) is 0 Å². The van der Waals surface area contributed by atoms with Crippen molar-refractivity contribution < 1.29 is 13.9 Å². The Kier molecular flexibility index (Phi) is 3.59. The molecular formula is C10H12FNO2. The van der Waals surface area contributed by atoms with E-state index in [-0.39, 0.29) is 0 Å². The number of ether oxygens (including phenoxy) is 1. The molecule has 2 N–H and O–H groups in total. The first-order valence-corrected chi connectivity index (χ1v) is 4.25. The van der Waals surface area contributed by atoms with Gasteiger partial charge in [0.1, 0.15) is 18.5 Å². The Balaban J connectivity index is 2.64. The lowest BCUT2D eigenvalue weighted by molar-refractivity contribution is -0.135. The molecule has 3 nitrogen and oxygen atoms in total. The number of rotatable bonds is 3. The molecule has 0 aromatic heterocycles. The highest BCUT2D eigenvalue weighted by Crippen LogP contribution is 2.13. The number of nitrogens with two attached hydrogens (primary N) is 1. The summed E-state index contributed by atoms with van der Waals surface area (Å²) >= 11 is 0. The van der Waals surface area contributed by atoms with Crippen LogP contribution in [-0.2, 0) is 11.5 Å². The summed E-state index contributed by atoms with van der Waals surface area (Å²) < 4.78 is 17.0. The minimum atomic E-state index is -0.657. The summed E-state index contributed by atoms with van der Waals surface area (Å²) in [6.07, 6.45) is 0. The highest BCUT2D eigenvalue weighted by molar-refractivity contribution is 5.77. The van der Waals surface area contributed by atoms with E-state index in [0.29, 0.717) is 11.3 Å². The SMILES string of the molecule is C[C@H](N)C(=O)Oc1ccc(CF)cc1. The van der Waals surface area contributed by atoms with Gasteiger partial charge in [0, 0.05) is 0 Å². The molecule has 0 bridgehead atoms. The molecular weight excluding hydrogens is 185 g/mol. The molecule has 0 heterocycles. The van der Waals surface area contributed by atoms with Crippen molar-refractivity contribution in [2.45, 2.75) is 19.6 Å². The second-order valence-corrected chi connectivity index (χ2v) is 2.99. The van der Waals surface area contributed by atoms with Crippen molar-refractivity contribution in [3.8, 4) is 5.75 Å². The summed E-state index contributed by atoms with van der Waals surface area (Å²) in [6, 6.07) is 5.54. The van der Waals surface area contributed by atoms with Crippen LogP contribution in [0.25, 0.3) is 0 Å². The Bertz CT molecular complexity index is 308. The maximum absolute atomic E-state index is 12.1. The molecule has 1 atom stereocenters. The van der Waals surface area contributed by atoms with Gasteiger partial charge in [0.05, 0.1) is 0 Å². The molecule has 0 unspecified atom stereocenters. The molecule has 0 amide bonds. The van der Waals surface area contributed by atoms with E-state index < -0.39 is 18.7 Å². The van der Waals surface area contributed by atoms with Gasteiger partial charge in [-0.2, -0.15) is 0 Å². The monoisotopic (exact) mass is 197 g/mol. The molecule has 0 radical (unpaired) electrons. The van der Waals surface area contributed by atoms with Crippen molar-refractivity contribution in [2.75, 3.05) is 0 Å². The summed E-state index contributed by atoms with van der Waals surface area (Å²) in [4.78, 5) is 11.0. The first-order valence-electron chi connectivity index (χ1n) is 4.25. The number of esters is 1. The van der Waals surface area contributed by atoms with Crippen molar-refractivity contribution in [2.24, 2.45) is 5.73 Å². The smallest absolute Gasteiger partial charge is 0.328 e. The third-order valence-electron chi connectivity index (χ3n) is 1.67. The maximum atomic E-state index is 12.1. The first kappa shape index (κ1) is 10.7.